The van der Waals surface area contributed by atoms with E-state index in [9.17, 15) is 0 Å². The summed E-state index contributed by atoms with van der Waals surface area (Å²) in [6.45, 7) is 11.2. The number of hydrogen-bond acceptors (Lipinski definition) is 0. The topological polar surface area (TPSA) is 0 Å². The van der Waals surface area contributed by atoms with Crippen LogP contribution >= 0.6 is 0 Å². The zero-order chi connectivity index (χ0) is 9.61. The summed E-state index contributed by atoms with van der Waals surface area (Å²) in [6.07, 6.45) is 2.25. The van der Waals surface area contributed by atoms with Crippen LogP contribution in [0.5, 0.6) is 0 Å². The van der Waals surface area contributed by atoms with Gasteiger partial charge in [0.2, 0.25) is 0 Å². The van der Waals surface area contributed by atoms with Gasteiger partial charge in [0.1, 0.15) is 7.28 Å². The smallest absolute Gasteiger partial charge is 0.109 e. The normalized spacial score (nSPS) is 13.1. The Morgan fingerprint density at radius 1 is 1.42 bits per heavy atom. The van der Waals surface area contributed by atoms with Gasteiger partial charge in [-0.05, 0) is 11.2 Å². The summed E-state index contributed by atoms with van der Waals surface area (Å²) >= 11 is 0. The van der Waals surface area contributed by atoms with Crippen molar-refractivity contribution in [1.29, 1.82) is 0 Å². The van der Waals surface area contributed by atoms with E-state index in [1.807, 2.05) is 0 Å². The molecule has 0 saturated carbocycles. The summed E-state index contributed by atoms with van der Waals surface area (Å²) in [5.41, 5.74) is 0.403. The van der Waals surface area contributed by atoms with Gasteiger partial charge >= 0.3 is 0 Å². The highest BCUT2D eigenvalue weighted by Crippen LogP contribution is 2.23. The molecular weight excluding hydrogens is 143 g/mol. The third kappa shape index (κ3) is 5.30. The van der Waals surface area contributed by atoms with Crippen molar-refractivity contribution in [3.8, 4) is 11.8 Å². The van der Waals surface area contributed by atoms with Crippen molar-refractivity contribution in [2.45, 2.75) is 53.2 Å². The molecule has 0 aliphatic rings. The van der Waals surface area contributed by atoms with E-state index in [0.29, 0.717) is 11.2 Å². The van der Waals surface area contributed by atoms with Crippen LogP contribution < -0.4 is 0 Å². The third-order valence-corrected chi connectivity index (χ3v) is 2.48. The Hall–Kier alpha value is -0.375. The quantitative estimate of drug-likeness (QED) is 0.444. The van der Waals surface area contributed by atoms with Gasteiger partial charge in [-0.1, -0.05) is 40.9 Å². The van der Waals surface area contributed by atoms with Gasteiger partial charge in [0.15, 0.2) is 0 Å². The maximum absolute atomic E-state index is 3.28. The van der Waals surface area contributed by atoms with E-state index >= 15 is 0 Å². The first kappa shape index (κ1) is 11.6. The summed E-state index contributed by atoms with van der Waals surface area (Å²) < 4.78 is 0. The second-order valence-corrected chi connectivity index (χ2v) is 4.32. The van der Waals surface area contributed by atoms with Crippen LogP contribution in [0.3, 0.4) is 0 Å². The molecule has 1 heteroatoms. The molecule has 0 aromatic heterocycles. The molecule has 0 nitrogen and oxygen atoms in total. The van der Waals surface area contributed by atoms with Crippen molar-refractivity contribution >= 4 is 7.28 Å². The molecular formula is C11H21B. The lowest BCUT2D eigenvalue weighted by Gasteiger charge is -2.18. The summed E-state index contributed by atoms with van der Waals surface area (Å²) in [5, 5.41) is 0. The van der Waals surface area contributed by atoms with E-state index in [1.54, 1.807) is 0 Å². The second kappa shape index (κ2) is 5.30. The molecule has 0 bridgehead atoms. The van der Waals surface area contributed by atoms with E-state index in [-0.39, 0.29) is 0 Å². The maximum Gasteiger partial charge on any atom is 0.136 e. The molecule has 0 aliphatic carbocycles. The van der Waals surface area contributed by atoms with Crippen molar-refractivity contribution in [1.82, 2.24) is 0 Å². The van der Waals surface area contributed by atoms with Crippen LogP contribution in [0.25, 0.3) is 0 Å². The van der Waals surface area contributed by atoms with Crippen molar-refractivity contribution in [2.75, 3.05) is 0 Å². The van der Waals surface area contributed by atoms with Crippen molar-refractivity contribution in [3.63, 3.8) is 0 Å². The Morgan fingerprint density at radius 3 is 2.42 bits per heavy atom. The minimum atomic E-state index is 0.403. The Labute approximate surface area is 78.4 Å². The fraction of sp³-hybridized carbons (Fsp3) is 0.818. The molecule has 12 heavy (non-hydrogen) atoms. The lowest BCUT2D eigenvalue weighted by molar-refractivity contribution is 0.363. The van der Waals surface area contributed by atoms with Crippen LogP contribution in [0.4, 0.5) is 0 Å². The van der Waals surface area contributed by atoms with Crippen LogP contribution in [-0.2, 0) is 0 Å². The standard InChI is InChI=1S/C11H21B/c1-6-11(3,4)9-7-8-10(2)12-5/h10,12H,6,9H2,1-5H3/t10-/m1/s1. The summed E-state index contributed by atoms with van der Waals surface area (Å²) in [5.74, 6) is 7.12. The van der Waals surface area contributed by atoms with Gasteiger partial charge in [-0.25, -0.2) is 0 Å². The van der Waals surface area contributed by atoms with Gasteiger partial charge < -0.3 is 0 Å². The van der Waals surface area contributed by atoms with Gasteiger partial charge in [0, 0.05) is 6.42 Å². The van der Waals surface area contributed by atoms with Crippen molar-refractivity contribution in [2.24, 2.45) is 5.41 Å². The van der Waals surface area contributed by atoms with Gasteiger partial charge in [0.05, 0.1) is 0 Å². The molecule has 0 unspecified atom stereocenters. The Bertz CT molecular complexity index is 171. The molecule has 0 rings (SSSR count). The summed E-state index contributed by atoms with van der Waals surface area (Å²) in [7, 11) is 1.17. The van der Waals surface area contributed by atoms with Gasteiger partial charge in [0.25, 0.3) is 0 Å². The average Bonchev–Trinajstić information content (AvgIpc) is 2.04. The molecule has 0 aliphatic heterocycles. The fourth-order valence-corrected chi connectivity index (χ4v) is 0.692. The predicted octanol–water partition coefficient (Wildman–Crippen LogP) is 3.11. The van der Waals surface area contributed by atoms with Crippen LogP contribution in [0.1, 0.15) is 40.5 Å². The molecule has 0 spiro atoms. The van der Waals surface area contributed by atoms with Gasteiger partial charge in [-0.3, -0.25) is 0 Å². The predicted molar refractivity (Wildman–Crippen MR) is 58.9 cm³/mol. The minimum Gasteiger partial charge on any atom is -0.109 e. The van der Waals surface area contributed by atoms with Crippen molar-refractivity contribution < 1.29 is 0 Å². The van der Waals surface area contributed by atoms with E-state index < -0.39 is 0 Å². The lowest BCUT2D eigenvalue weighted by Crippen LogP contribution is -2.07. The molecule has 0 fully saturated rings. The number of hydrogen-bond donors (Lipinski definition) is 0. The second-order valence-electron chi connectivity index (χ2n) is 4.32. The van der Waals surface area contributed by atoms with E-state index in [2.05, 4.69) is 46.4 Å². The molecule has 0 saturated heterocycles. The van der Waals surface area contributed by atoms with Crippen LogP contribution in [-0.4, -0.2) is 7.28 Å². The molecule has 0 aromatic rings. The highest BCUT2D eigenvalue weighted by atomic mass is 14.2. The van der Waals surface area contributed by atoms with Crippen LogP contribution in [0.2, 0.25) is 12.6 Å². The van der Waals surface area contributed by atoms with E-state index in [1.165, 1.54) is 13.7 Å². The van der Waals surface area contributed by atoms with E-state index in [0.717, 1.165) is 6.42 Å². The van der Waals surface area contributed by atoms with Crippen molar-refractivity contribution in [3.05, 3.63) is 0 Å². The zero-order valence-electron chi connectivity index (χ0n) is 9.20. The molecule has 0 N–H and O–H groups in total. The third-order valence-electron chi connectivity index (χ3n) is 2.48. The Kier molecular flexibility index (Phi) is 5.14. The van der Waals surface area contributed by atoms with Crippen LogP contribution in [0, 0.1) is 17.3 Å². The highest BCUT2D eigenvalue weighted by Gasteiger charge is 2.12. The SMILES string of the molecule is CB[C@H](C)C#CCC(C)(C)CC. The highest BCUT2D eigenvalue weighted by molar-refractivity contribution is 6.36. The molecule has 0 radical (unpaired) electrons. The first-order valence-electron chi connectivity index (χ1n) is 5.00. The molecule has 1 atom stereocenters. The molecule has 0 heterocycles. The summed E-state index contributed by atoms with van der Waals surface area (Å²) in [4.78, 5) is 0. The zero-order valence-corrected chi connectivity index (χ0v) is 9.20. The molecule has 0 amide bonds. The first-order valence-corrected chi connectivity index (χ1v) is 5.00. The average molecular weight is 164 g/mol. The fourth-order valence-electron chi connectivity index (χ4n) is 0.692. The minimum absolute atomic E-state index is 0.403. The molecule has 0 aromatic carbocycles. The van der Waals surface area contributed by atoms with E-state index in [4.69, 9.17) is 0 Å². The Balaban J connectivity index is 3.85. The van der Waals surface area contributed by atoms with Crippen LogP contribution in [0.15, 0.2) is 0 Å². The summed E-state index contributed by atoms with van der Waals surface area (Å²) in [6, 6.07) is 0. The van der Waals surface area contributed by atoms with Gasteiger partial charge in [-0.2, -0.15) is 0 Å². The van der Waals surface area contributed by atoms with Gasteiger partial charge in [-0.15, -0.1) is 11.8 Å². The molecule has 68 valence electrons. The maximum atomic E-state index is 3.28. The Morgan fingerprint density at radius 2 is 2.00 bits per heavy atom. The lowest BCUT2D eigenvalue weighted by atomic mass is 9.68. The number of rotatable bonds is 3. The largest absolute Gasteiger partial charge is 0.136 e. The monoisotopic (exact) mass is 164 g/mol. The first-order chi connectivity index (χ1) is 5.52.